The molecule has 2 aromatic carbocycles. The smallest absolute Gasteiger partial charge is 0.205 e. The molecule has 0 N–H and O–H groups in total. The molecule has 156 valence electrons. The monoisotopic (exact) mass is 406 g/mol. The molecule has 1 heterocycles. The largest absolute Gasteiger partial charge is 0.491 e. The Morgan fingerprint density at radius 2 is 1.62 bits per heavy atom. The summed E-state index contributed by atoms with van der Waals surface area (Å²) in [7, 11) is 0. The first-order valence-corrected chi connectivity index (χ1v) is 10.3. The molecule has 0 unspecified atom stereocenters. The lowest BCUT2D eigenvalue weighted by Gasteiger charge is -2.30. The summed E-state index contributed by atoms with van der Waals surface area (Å²) in [6.45, 7) is 4.57. The van der Waals surface area contributed by atoms with Gasteiger partial charge >= 0.3 is 0 Å². The number of rotatable bonds is 5. The summed E-state index contributed by atoms with van der Waals surface area (Å²) in [4.78, 5) is 0. The Labute approximate surface area is 168 Å². The van der Waals surface area contributed by atoms with E-state index in [0.717, 1.165) is 25.7 Å². The third-order valence-electron chi connectivity index (χ3n) is 5.82. The van der Waals surface area contributed by atoms with Crippen molar-refractivity contribution in [2.75, 3.05) is 13.2 Å². The quantitative estimate of drug-likeness (QED) is 0.500. The number of fused-ring (bicyclic) bond motifs is 2. The highest BCUT2D eigenvalue weighted by atomic mass is 19.2. The standard InChI is InChI=1S/C23H25F3O3/c1-3-27-16-8-5-13(6-9-16)17-10-7-14-11-15-12-18(28-4-2)20(25)21(26)23(15)29-22(14)19(17)24/h7,10,12-13,16H,3-6,8-9,11H2,1-2H3. The number of benzene rings is 2. The van der Waals surface area contributed by atoms with E-state index in [1.165, 1.54) is 6.07 Å². The van der Waals surface area contributed by atoms with E-state index >= 15 is 4.39 Å². The highest BCUT2D eigenvalue weighted by Gasteiger charge is 2.31. The first kappa shape index (κ1) is 20.1. The number of hydrogen-bond acceptors (Lipinski definition) is 3. The molecule has 0 radical (unpaired) electrons. The van der Waals surface area contributed by atoms with Crippen LogP contribution in [0.15, 0.2) is 18.2 Å². The lowest BCUT2D eigenvalue weighted by Crippen LogP contribution is -2.21. The van der Waals surface area contributed by atoms with E-state index < -0.39 is 17.5 Å². The van der Waals surface area contributed by atoms with Crippen LogP contribution in [0, 0.1) is 17.5 Å². The molecule has 1 aliphatic carbocycles. The van der Waals surface area contributed by atoms with Crippen LogP contribution in [0.1, 0.15) is 62.1 Å². The van der Waals surface area contributed by atoms with Crippen molar-refractivity contribution in [3.05, 3.63) is 52.3 Å². The molecule has 3 nitrogen and oxygen atoms in total. The Balaban J connectivity index is 1.62. The fraction of sp³-hybridized carbons (Fsp3) is 0.478. The van der Waals surface area contributed by atoms with Crippen molar-refractivity contribution >= 4 is 0 Å². The van der Waals surface area contributed by atoms with E-state index in [1.807, 2.05) is 13.0 Å². The molecule has 0 saturated heterocycles. The van der Waals surface area contributed by atoms with Crippen molar-refractivity contribution in [1.29, 1.82) is 0 Å². The van der Waals surface area contributed by atoms with E-state index in [2.05, 4.69) is 0 Å². The second kappa shape index (κ2) is 8.27. The Morgan fingerprint density at radius 1 is 0.897 bits per heavy atom. The highest BCUT2D eigenvalue weighted by Crippen LogP contribution is 2.45. The molecule has 0 bridgehead atoms. The molecule has 2 aromatic rings. The van der Waals surface area contributed by atoms with Crippen LogP contribution in [0.4, 0.5) is 13.2 Å². The molecule has 0 aromatic heterocycles. The first-order valence-electron chi connectivity index (χ1n) is 10.3. The first-order chi connectivity index (χ1) is 14.0. The van der Waals surface area contributed by atoms with Crippen LogP contribution in [0.2, 0.25) is 0 Å². The number of ether oxygens (including phenoxy) is 3. The van der Waals surface area contributed by atoms with Crippen LogP contribution in [0.25, 0.3) is 0 Å². The highest BCUT2D eigenvalue weighted by molar-refractivity contribution is 5.55. The summed E-state index contributed by atoms with van der Waals surface area (Å²) >= 11 is 0. The molecule has 4 rings (SSSR count). The van der Waals surface area contributed by atoms with Gasteiger partial charge in [-0.25, -0.2) is 4.39 Å². The second-order valence-electron chi connectivity index (χ2n) is 7.59. The predicted molar refractivity (Wildman–Crippen MR) is 103 cm³/mol. The van der Waals surface area contributed by atoms with Crippen LogP contribution in [-0.4, -0.2) is 19.3 Å². The molecule has 2 aliphatic rings. The summed E-state index contributed by atoms with van der Waals surface area (Å²) < 4.78 is 60.5. The number of halogens is 3. The summed E-state index contributed by atoms with van der Waals surface area (Å²) in [5, 5.41) is 0. The topological polar surface area (TPSA) is 27.7 Å². The zero-order chi connectivity index (χ0) is 20.5. The van der Waals surface area contributed by atoms with Gasteiger partial charge < -0.3 is 14.2 Å². The van der Waals surface area contributed by atoms with Crippen molar-refractivity contribution < 1.29 is 27.4 Å². The Hall–Kier alpha value is -2.21. The predicted octanol–water partition coefficient (Wildman–Crippen LogP) is 6.26. The number of hydrogen-bond donors (Lipinski definition) is 0. The van der Waals surface area contributed by atoms with Gasteiger partial charge in [-0.1, -0.05) is 12.1 Å². The molecule has 1 fully saturated rings. The Kier molecular flexibility index (Phi) is 5.72. The zero-order valence-electron chi connectivity index (χ0n) is 16.7. The lowest BCUT2D eigenvalue weighted by atomic mass is 9.81. The van der Waals surface area contributed by atoms with E-state index in [1.54, 1.807) is 13.0 Å². The Morgan fingerprint density at radius 3 is 2.31 bits per heavy atom. The second-order valence-corrected chi connectivity index (χ2v) is 7.59. The van der Waals surface area contributed by atoms with Gasteiger partial charge in [0.1, 0.15) is 0 Å². The van der Waals surface area contributed by atoms with E-state index in [-0.39, 0.29) is 42.3 Å². The SMILES string of the molecule is CCOc1cc2c(c(F)c1F)Oc1c(ccc(C3CCC(OCC)CC3)c1F)C2. The molecule has 0 amide bonds. The maximum atomic E-state index is 15.3. The van der Waals surface area contributed by atoms with Crippen LogP contribution in [0.5, 0.6) is 17.2 Å². The van der Waals surface area contributed by atoms with E-state index in [4.69, 9.17) is 14.2 Å². The van der Waals surface area contributed by atoms with Gasteiger partial charge in [-0.2, -0.15) is 8.78 Å². The van der Waals surface area contributed by atoms with Crippen LogP contribution in [0.3, 0.4) is 0 Å². The third-order valence-corrected chi connectivity index (χ3v) is 5.82. The molecule has 29 heavy (non-hydrogen) atoms. The van der Waals surface area contributed by atoms with Gasteiger partial charge in [-0.15, -0.1) is 0 Å². The van der Waals surface area contributed by atoms with Gasteiger partial charge in [-0.05, 0) is 57.1 Å². The van der Waals surface area contributed by atoms with Gasteiger partial charge in [-0.3, -0.25) is 0 Å². The average molecular weight is 406 g/mol. The minimum absolute atomic E-state index is 0.00407. The van der Waals surface area contributed by atoms with Crippen LogP contribution < -0.4 is 9.47 Å². The van der Waals surface area contributed by atoms with Crippen LogP contribution >= 0.6 is 0 Å². The van der Waals surface area contributed by atoms with Crippen LogP contribution in [-0.2, 0) is 11.2 Å². The maximum absolute atomic E-state index is 15.3. The maximum Gasteiger partial charge on any atom is 0.205 e. The third kappa shape index (κ3) is 3.70. The normalized spacial score (nSPS) is 20.6. The van der Waals surface area contributed by atoms with Crippen molar-refractivity contribution in [3.63, 3.8) is 0 Å². The van der Waals surface area contributed by atoms with Crippen molar-refractivity contribution in [1.82, 2.24) is 0 Å². The van der Waals surface area contributed by atoms with Gasteiger partial charge in [0.25, 0.3) is 0 Å². The Bertz CT molecular complexity index is 905. The average Bonchev–Trinajstić information content (AvgIpc) is 2.72. The van der Waals surface area contributed by atoms with Crippen molar-refractivity contribution in [2.24, 2.45) is 0 Å². The van der Waals surface area contributed by atoms with Gasteiger partial charge in [0, 0.05) is 24.2 Å². The van der Waals surface area contributed by atoms with Gasteiger partial charge in [0.05, 0.1) is 12.7 Å². The van der Waals surface area contributed by atoms with Gasteiger partial charge in [0.2, 0.25) is 11.6 Å². The molecule has 6 heteroatoms. The minimum Gasteiger partial charge on any atom is -0.491 e. The minimum atomic E-state index is -1.14. The molecule has 1 saturated carbocycles. The summed E-state index contributed by atoms with van der Waals surface area (Å²) in [5.41, 5.74) is 1.65. The zero-order valence-corrected chi connectivity index (χ0v) is 16.7. The summed E-state index contributed by atoms with van der Waals surface area (Å²) in [6.07, 6.45) is 3.93. The van der Waals surface area contributed by atoms with Crippen molar-refractivity contribution in [3.8, 4) is 17.2 Å². The fourth-order valence-corrected chi connectivity index (χ4v) is 4.40. The molecular formula is C23H25F3O3. The molecular weight excluding hydrogens is 381 g/mol. The van der Waals surface area contributed by atoms with Gasteiger partial charge in [0.15, 0.2) is 23.1 Å². The molecule has 0 spiro atoms. The summed E-state index contributed by atoms with van der Waals surface area (Å²) in [5.74, 6) is -3.05. The lowest BCUT2D eigenvalue weighted by molar-refractivity contribution is 0.0325. The molecule has 0 atom stereocenters. The van der Waals surface area contributed by atoms with Crippen molar-refractivity contribution in [2.45, 2.75) is 58.0 Å². The fourth-order valence-electron chi connectivity index (χ4n) is 4.40. The molecule has 1 aliphatic heterocycles. The summed E-state index contributed by atoms with van der Waals surface area (Å²) in [6, 6.07) is 5.06. The van der Waals surface area contributed by atoms with E-state index in [0.29, 0.717) is 23.3 Å². The van der Waals surface area contributed by atoms with E-state index in [9.17, 15) is 8.78 Å².